The molecule has 1 aromatic heterocycles. The Morgan fingerprint density at radius 1 is 1.33 bits per heavy atom. The fourth-order valence-corrected chi connectivity index (χ4v) is 1.41. The van der Waals surface area contributed by atoms with Crippen LogP contribution in [-0.4, -0.2) is 26.5 Å². The van der Waals surface area contributed by atoms with Crippen LogP contribution >= 0.6 is 0 Å². The Kier molecular flexibility index (Phi) is 4.41. The molecule has 0 amide bonds. The van der Waals surface area contributed by atoms with Gasteiger partial charge in [0.2, 0.25) is 5.95 Å². The molecule has 0 radical (unpaired) electrons. The summed E-state index contributed by atoms with van der Waals surface area (Å²) >= 11 is 0. The predicted octanol–water partition coefficient (Wildman–Crippen LogP) is 1.26. The van der Waals surface area contributed by atoms with Crippen molar-refractivity contribution in [2.24, 2.45) is 5.84 Å². The van der Waals surface area contributed by atoms with Crippen molar-refractivity contribution >= 4 is 11.6 Å². The summed E-state index contributed by atoms with van der Waals surface area (Å²) in [6.45, 7) is 2.12. The Morgan fingerprint density at radius 2 is 2.10 bits per heavy atom. The highest BCUT2D eigenvalue weighted by Gasteiger charge is 2.11. The average molecular weight is 292 g/mol. The minimum Gasteiger partial charge on any atom is -0.464 e. The topological polar surface area (TPSA) is 138 Å². The summed E-state index contributed by atoms with van der Waals surface area (Å²) in [6, 6.07) is 5.55. The van der Waals surface area contributed by atoms with E-state index in [9.17, 15) is 10.1 Å². The number of hydrogen-bond acceptors (Lipinski definition) is 9. The summed E-state index contributed by atoms with van der Waals surface area (Å²) in [5.41, 5.74) is 2.14. The zero-order valence-corrected chi connectivity index (χ0v) is 11.0. The smallest absolute Gasteiger partial charge is 0.330 e. The number of benzene rings is 1. The van der Waals surface area contributed by atoms with E-state index >= 15 is 0 Å². The lowest BCUT2D eigenvalue weighted by molar-refractivity contribution is -0.384. The van der Waals surface area contributed by atoms with E-state index in [1.54, 1.807) is 6.92 Å². The number of ether oxygens (including phenoxy) is 2. The van der Waals surface area contributed by atoms with Crippen LogP contribution in [0.25, 0.3) is 0 Å². The largest absolute Gasteiger partial charge is 0.464 e. The van der Waals surface area contributed by atoms with Gasteiger partial charge in [0.15, 0.2) is 0 Å². The van der Waals surface area contributed by atoms with Gasteiger partial charge >= 0.3 is 12.0 Å². The van der Waals surface area contributed by atoms with Crippen LogP contribution in [0, 0.1) is 10.1 Å². The van der Waals surface area contributed by atoms with E-state index in [0.29, 0.717) is 6.61 Å². The molecule has 0 aliphatic rings. The van der Waals surface area contributed by atoms with Crippen LogP contribution in [0.15, 0.2) is 24.3 Å². The van der Waals surface area contributed by atoms with E-state index in [1.807, 2.05) is 0 Å². The van der Waals surface area contributed by atoms with Gasteiger partial charge in [-0.25, -0.2) is 5.84 Å². The lowest BCUT2D eigenvalue weighted by Crippen LogP contribution is -2.12. The van der Waals surface area contributed by atoms with Gasteiger partial charge in [0, 0.05) is 6.07 Å². The van der Waals surface area contributed by atoms with E-state index in [-0.39, 0.29) is 29.4 Å². The van der Waals surface area contributed by atoms with Crippen LogP contribution in [0.5, 0.6) is 17.8 Å². The number of anilines is 1. The van der Waals surface area contributed by atoms with E-state index in [2.05, 4.69) is 20.4 Å². The first-order valence-corrected chi connectivity index (χ1v) is 5.90. The standard InChI is InChI=1S/C11H12N6O4/c1-2-20-10-13-9(16-12)14-11(15-10)21-8-5-3-4-7(6-8)17(18)19/h3-6H,2,12H2,1H3,(H,13,14,15,16). The van der Waals surface area contributed by atoms with Crippen LogP contribution in [0.4, 0.5) is 11.6 Å². The fraction of sp³-hybridized carbons (Fsp3) is 0.182. The molecule has 21 heavy (non-hydrogen) atoms. The molecule has 0 fully saturated rings. The average Bonchev–Trinajstić information content (AvgIpc) is 2.47. The molecule has 1 aromatic carbocycles. The van der Waals surface area contributed by atoms with Crippen LogP contribution in [0.2, 0.25) is 0 Å². The van der Waals surface area contributed by atoms with Crippen LogP contribution in [-0.2, 0) is 0 Å². The molecule has 10 heteroatoms. The molecular formula is C11H12N6O4. The van der Waals surface area contributed by atoms with Gasteiger partial charge in [-0.3, -0.25) is 15.5 Å². The third-order valence-corrected chi connectivity index (χ3v) is 2.23. The van der Waals surface area contributed by atoms with Gasteiger partial charge < -0.3 is 9.47 Å². The minimum absolute atomic E-state index is 0.0286. The molecule has 1 heterocycles. The summed E-state index contributed by atoms with van der Waals surface area (Å²) in [4.78, 5) is 21.8. The van der Waals surface area contributed by atoms with E-state index in [4.69, 9.17) is 15.3 Å². The lowest BCUT2D eigenvalue weighted by atomic mass is 10.3. The predicted molar refractivity (Wildman–Crippen MR) is 72.0 cm³/mol. The van der Waals surface area contributed by atoms with Gasteiger partial charge in [-0.05, 0) is 13.0 Å². The summed E-state index contributed by atoms with van der Waals surface area (Å²) in [7, 11) is 0. The Balaban J connectivity index is 2.27. The number of nitrogens with two attached hydrogens (primary N) is 1. The molecule has 10 nitrogen and oxygen atoms in total. The highest BCUT2D eigenvalue weighted by atomic mass is 16.6. The van der Waals surface area contributed by atoms with E-state index in [0.717, 1.165) is 0 Å². The summed E-state index contributed by atoms with van der Waals surface area (Å²) in [5, 5.41) is 10.7. The summed E-state index contributed by atoms with van der Waals surface area (Å²) < 4.78 is 10.5. The van der Waals surface area contributed by atoms with Crippen molar-refractivity contribution in [3.8, 4) is 17.8 Å². The lowest BCUT2D eigenvalue weighted by Gasteiger charge is -2.07. The van der Waals surface area contributed by atoms with Crippen molar-refractivity contribution < 1.29 is 14.4 Å². The zero-order valence-electron chi connectivity index (χ0n) is 11.0. The Morgan fingerprint density at radius 3 is 2.76 bits per heavy atom. The van der Waals surface area contributed by atoms with Crippen molar-refractivity contribution in [2.45, 2.75) is 6.92 Å². The number of hydrazine groups is 1. The second-order valence-corrected chi connectivity index (χ2v) is 3.66. The number of nitro benzene ring substituents is 1. The number of nitrogens with zero attached hydrogens (tertiary/aromatic N) is 4. The third kappa shape index (κ3) is 3.73. The number of nitrogen functional groups attached to an aromatic ring is 1. The molecular weight excluding hydrogens is 280 g/mol. The first-order valence-electron chi connectivity index (χ1n) is 5.90. The van der Waals surface area contributed by atoms with Crippen molar-refractivity contribution in [3.63, 3.8) is 0 Å². The molecule has 0 saturated carbocycles. The number of hydrogen-bond donors (Lipinski definition) is 2. The number of nitrogens with one attached hydrogen (secondary N) is 1. The molecule has 0 aliphatic carbocycles. The Hall–Kier alpha value is -3.01. The molecule has 0 aliphatic heterocycles. The second-order valence-electron chi connectivity index (χ2n) is 3.66. The molecule has 2 aromatic rings. The van der Waals surface area contributed by atoms with Crippen molar-refractivity contribution in [1.29, 1.82) is 0 Å². The fourth-order valence-electron chi connectivity index (χ4n) is 1.41. The second kappa shape index (κ2) is 6.43. The highest BCUT2D eigenvalue weighted by molar-refractivity contribution is 5.39. The zero-order chi connectivity index (χ0) is 15.2. The van der Waals surface area contributed by atoms with Gasteiger partial charge in [0.05, 0.1) is 17.6 Å². The summed E-state index contributed by atoms with van der Waals surface area (Å²) in [5.74, 6) is 5.50. The van der Waals surface area contributed by atoms with E-state index in [1.165, 1.54) is 24.3 Å². The van der Waals surface area contributed by atoms with E-state index < -0.39 is 4.92 Å². The number of aromatic nitrogens is 3. The quantitative estimate of drug-likeness (QED) is 0.457. The van der Waals surface area contributed by atoms with Gasteiger partial charge in [0.1, 0.15) is 5.75 Å². The molecule has 110 valence electrons. The number of nitro groups is 1. The van der Waals surface area contributed by atoms with Crippen molar-refractivity contribution in [2.75, 3.05) is 12.0 Å². The minimum atomic E-state index is -0.529. The van der Waals surface area contributed by atoms with Crippen LogP contribution in [0.3, 0.4) is 0 Å². The maximum atomic E-state index is 10.7. The molecule has 0 atom stereocenters. The molecule has 0 unspecified atom stereocenters. The highest BCUT2D eigenvalue weighted by Crippen LogP contribution is 2.24. The molecule has 3 N–H and O–H groups in total. The van der Waals surface area contributed by atoms with Gasteiger partial charge in [-0.15, -0.1) is 4.98 Å². The van der Waals surface area contributed by atoms with Crippen molar-refractivity contribution in [1.82, 2.24) is 15.0 Å². The van der Waals surface area contributed by atoms with Crippen LogP contribution in [0.1, 0.15) is 6.92 Å². The number of rotatable bonds is 6. The molecule has 2 rings (SSSR count). The monoisotopic (exact) mass is 292 g/mol. The van der Waals surface area contributed by atoms with Crippen molar-refractivity contribution in [3.05, 3.63) is 34.4 Å². The Bertz CT molecular complexity index is 650. The Labute approximate surface area is 119 Å². The van der Waals surface area contributed by atoms with Gasteiger partial charge in [-0.1, -0.05) is 6.07 Å². The maximum Gasteiger partial charge on any atom is 0.330 e. The number of non-ortho nitro benzene ring substituents is 1. The van der Waals surface area contributed by atoms with Gasteiger partial charge in [-0.2, -0.15) is 9.97 Å². The first-order chi connectivity index (χ1) is 10.1. The molecule has 0 spiro atoms. The van der Waals surface area contributed by atoms with Crippen LogP contribution < -0.4 is 20.7 Å². The summed E-state index contributed by atoms with van der Waals surface area (Å²) in [6.07, 6.45) is 0. The SMILES string of the molecule is CCOc1nc(NN)nc(Oc2cccc([N+](=O)[O-])c2)n1. The first kappa shape index (κ1) is 14.4. The van der Waals surface area contributed by atoms with Gasteiger partial charge in [0.25, 0.3) is 5.69 Å². The maximum absolute atomic E-state index is 10.7. The molecule has 0 saturated heterocycles. The normalized spacial score (nSPS) is 10.0. The molecule has 0 bridgehead atoms. The third-order valence-electron chi connectivity index (χ3n) is 2.23.